The van der Waals surface area contributed by atoms with E-state index in [2.05, 4.69) is 5.32 Å². The molecule has 0 aromatic carbocycles. The minimum absolute atomic E-state index is 0.161. The number of rotatable bonds is 3. The molecule has 0 aliphatic carbocycles. The van der Waals surface area contributed by atoms with Crippen molar-refractivity contribution >= 4 is 5.91 Å². The molecule has 2 aliphatic heterocycles. The van der Waals surface area contributed by atoms with Gasteiger partial charge in [-0.2, -0.15) is 0 Å². The minimum atomic E-state index is 0.161. The van der Waals surface area contributed by atoms with E-state index in [0.717, 1.165) is 32.5 Å². The van der Waals surface area contributed by atoms with Gasteiger partial charge in [0.15, 0.2) is 0 Å². The molecular weight excluding hydrogens is 180 g/mol. The topological polar surface area (TPSA) is 41.6 Å². The summed E-state index contributed by atoms with van der Waals surface area (Å²) >= 11 is 0. The molecular formula is C10H18N2O2. The Kier molecular flexibility index (Phi) is 3.37. The predicted molar refractivity (Wildman–Crippen MR) is 52.5 cm³/mol. The van der Waals surface area contributed by atoms with Crippen LogP contribution in [-0.4, -0.2) is 37.2 Å². The monoisotopic (exact) mass is 198 g/mol. The van der Waals surface area contributed by atoms with Gasteiger partial charge in [0.05, 0.1) is 13.2 Å². The van der Waals surface area contributed by atoms with E-state index >= 15 is 0 Å². The van der Waals surface area contributed by atoms with Crippen molar-refractivity contribution < 1.29 is 9.63 Å². The summed E-state index contributed by atoms with van der Waals surface area (Å²) in [7, 11) is 0. The predicted octanol–water partition coefficient (Wildman–Crippen LogP) is 0.540. The van der Waals surface area contributed by atoms with Gasteiger partial charge in [0.25, 0.3) is 0 Å². The van der Waals surface area contributed by atoms with Gasteiger partial charge in [-0.15, -0.1) is 0 Å². The lowest BCUT2D eigenvalue weighted by Gasteiger charge is -2.14. The molecule has 4 heteroatoms. The highest BCUT2D eigenvalue weighted by Crippen LogP contribution is 2.16. The van der Waals surface area contributed by atoms with Crippen LogP contribution in [0.25, 0.3) is 0 Å². The average Bonchev–Trinajstić information content (AvgIpc) is 2.87. The van der Waals surface area contributed by atoms with E-state index in [1.54, 1.807) is 0 Å². The Morgan fingerprint density at radius 3 is 3.14 bits per heavy atom. The highest BCUT2D eigenvalue weighted by atomic mass is 16.7. The van der Waals surface area contributed by atoms with Gasteiger partial charge in [-0.05, 0) is 38.3 Å². The summed E-state index contributed by atoms with van der Waals surface area (Å²) in [6, 6.07) is 0. The molecule has 2 aliphatic rings. The second-order valence-electron chi connectivity index (χ2n) is 4.08. The molecule has 1 atom stereocenters. The molecule has 2 heterocycles. The molecule has 1 amide bonds. The Balaban J connectivity index is 1.66. The Hall–Kier alpha value is -0.610. The summed E-state index contributed by atoms with van der Waals surface area (Å²) < 4.78 is 0. The van der Waals surface area contributed by atoms with Gasteiger partial charge in [0.2, 0.25) is 5.91 Å². The number of hydrogen-bond acceptors (Lipinski definition) is 3. The summed E-state index contributed by atoms with van der Waals surface area (Å²) in [5.41, 5.74) is 0. The van der Waals surface area contributed by atoms with Gasteiger partial charge in [0, 0.05) is 6.42 Å². The van der Waals surface area contributed by atoms with Gasteiger partial charge >= 0.3 is 0 Å². The van der Waals surface area contributed by atoms with Crippen LogP contribution < -0.4 is 5.32 Å². The normalized spacial score (nSPS) is 27.1. The number of nitrogens with zero attached hydrogens (tertiary/aromatic N) is 1. The van der Waals surface area contributed by atoms with E-state index in [0.29, 0.717) is 18.9 Å². The van der Waals surface area contributed by atoms with Crippen LogP contribution in [0.2, 0.25) is 0 Å². The molecule has 0 aromatic heterocycles. The van der Waals surface area contributed by atoms with Crippen LogP contribution in [0.4, 0.5) is 0 Å². The molecule has 4 nitrogen and oxygen atoms in total. The molecule has 1 unspecified atom stereocenters. The number of carbonyl (C=O) groups is 1. The summed E-state index contributed by atoms with van der Waals surface area (Å²) in [6.45, 7) is 3.67. The fourth-order valence-electron chi connectivity index (χ4n) is 2.06. The van der Waals surface area contributed by atoms with Crippen LogP contribution in [0.3, 0.4) is 0 Å². The largest absolute Gasteiger partial charge is 0.316 e. The lowest BCUT2D eigenvalue weighted by Crippen LogP contribution is -2.26. The smallest absolute Gasteiger partial charge is 0.246 e. The summed E-state index contributed by atoms with van der Waals surface area (Å²) in [5.74, 6) is 0.857. The van der Waals surface area contributed by atoms with Crippen LogP contribution >= 0.6 is 0 Å². The Labute approximate surface area is 84.6 Å². The number of amides is 1. The van der Waals surface area contributed by atoms with Crippen LogP contribution in [-0.2, 0) is 9.63 Å². The number of hydrogen-bond donors (Lipinski definition) is 1. The van der Waals surface area contributed by atoms with Gasteiger partial charge in [-0.1, -0.05) is 0 Å². The fraction of sp³-hybridized carbons (Fsp3) is 0.900. The molecule has 0 bridgehead atoms. The Bertz CT molecular complexity index is 196. The molecule has 0 radical (unpaired) electrons. The molecule has 14 heavy (non-hydrogen) atoms. The fourth-order valence-corrected chi connectivity index (χ4v) is 2.06. The number of hydroxylamine groups is 2. The third kappa shape index (κ3) is 2.45. The van der Waals surface area contributed by atoms with Gasteiger partial charge in [0.1, 0.15) is 0 Å². The molecule has 2 rings (SSSR count). The van der Waals surface area contributed by atoms with Gasteiger partial charge in [-0.25, -0.2) is 5.06 Å². The SMILES string of the molecule is O=C(CCC1CCNC1)N1CCCO1. The standard InChI is InChI=1S/C10H18N2O2/c13-10(12-6-1-7-14-12)3-2-9-4-5-11-8-9/h9,11H,1-8H2. The Morgan fingerprint density at radius 1 is 1.57 bits per heavy atom. The zero-order chi connectivity index (χ0) is 9.80. The number of carbonyl (C=O) groups excluding carboxylic acids is 1. The average molecular weight is 198 g/mol. The van der Waals surface area contributed by atoms with Crippen molar-refractivity contribution in [1.29, 1.82) is 0 Å². The molecule has 80 valence electrons. The van der Waals surface area contributed by atoms with E-state index in [4.69, 9.17) is 4.84 Å². The first kappa shape index (κ1) is 9.93. The van der Waals surface area contributed by atoms with Crippen LogP contribution in [0.1, 0.15) is 25.7 Å². The van der Waals surface area contributed by atoms with E-state index in [1.165, 1.54) is 11.5 Å². The van der Waals surface area contributed by atoms with E-state index < -0.39 is 0 Å². The summed E-state index contributed by atoms with van der Waals surface area (Å²) in [5, 5.41) is 4.84. The zero-order valence-corrected chi connectivity index (χ0v) is 8.50. The second kappa shape index (κ2) is 4.75. The van der Waals surface area contributed by atoms with Crippen LogP contribution in [0.5, 0.6) is 0 Å². The van der Waals surface area contributed by atoms with Crippen molar-refractivity contribution in [3.05, 3.63) is 0 Å². The van der Waals surface area contributed by atoms with Gasteiger partial charge < -0.3 is 5.32 Å². The van der Waals surface area contributed by atoms with Crippen molar-refractivity contribution in [2.75, 3.05) is 26.2 Å². The lowest BCUT2D eigenvalue weighted by atomic mass is 10.0. The van der Waals surface area contributed by atoms with E-state index in [-0.39, 0.29) is 5.91 Å². The molecule has 2 fully saturated rings. The maximum absolute atomic E-state index is 11.6. The lowest BCUT2D eigenvalue weighted by molar-refractivity contribution is -0.169. The minimum Gasteiger partial charge on any atom is -0.316 e. The summed E-state index contributed by atoms with van der Waals surface area (Å²) in [4.78, 5) is 16.8. The third-order valence-corrected chi connectivity index (χ3v) is 2.96. The van der Waals surface area contributed by atoms with Crippen molar-refractivity contribution in [2.45, 2.75) is 25.7 Å². The van der Waals surface area contributed by atoms with Crippen molar-refractivity contribution in [2.24, 2.45) is 5.92 Å². The van der Waals surface area contributed by atoms with Gasteiger partial charge in [-0.3, -0.25) is 9.63 Å². The summed E-state index contributed by atoms with van der Waals surface area (Å²) in [6.07, 6.45) is 3.85. The maximum Gasteiger partial charge on any atom is 0.246 e. The molecule has 1 N–H and O–H groups in total. The second-order valence-corrected chi connectivity index (χ2v) is 4.08. The van der Waals surface area contributed by atoms with Crippen molar-refractivity contribution in [3.63, 3.8) is 0 Å². The molecule has 2 saturated heterocycles. The van der Waals surface area contributed by atoms with Crippen molar-refractivity contribution in [3.8, 4) is 0 Å². The maximum atomic E-state index is 11.6. The number of nitrogens with one attached hydrogen (secondary N) is 1. The quantitative estimate of drug-likeness (QED) is 0.719. The first-order chi connectivity index (χ1) is 6.86. The molecule has 0 aromatic rings. The highest BCUT2D eigenvalue weighted by molar-refractivity contribution is 5.75. The van der Waals surface area contributed by atoms with E-state index in [9.17, 15) is 4.79 Å². The Morgan fingerprint density at radius 2 is 2.50 bits per heavy atom. The van der Waals surface area contributed by atoms with Crippen molar-refractivity contribution in [1.82, 2.24) is 10.4 Å². The molecule has 0 spiro atoms. The van der Waals surface area contributed by atoms with Crippen LogP contribution in [0, 0.1) is 5.92 Å². The first-order valence-corrected chi connectivity index (χ1v) is 5.50. The zero-order valence-electron chi connectivity index (χ0n) is 8.50. The molecule has 0 saturated carbocycles. The van der Waals surface area contributed by atoms with Crippen LogP contribution in [0.15, 0.2) is 0 Å². The highest BCUT2D eigenvalue weighted by Gasteiger charge is 2.21. The van der Waals surface area contributed by atoms with E-state index in [1.807, 2.05) is 0 Å². The third-order valence-electron chi connectivity index (χ3n) is 2.96. The first-order valence-electron chi connectivity index (χ1n) is 5.50.